The van der Waals surface area contributed by atoms with Gasteiger partial charge in [-0.25, -0.2) is 4.79 Å². The van der Waals surface area contributed by atoms with E-state index in [1.54, 1.807) is 36.4 Å². The van der Waals surface area contributed by atoms with Crippen molar-refractivity contribution in [2.75, 3.05) is 0 Å². The molecule has 37 heavy (non-hydrogen) atoms. The lowest BCUT2D eigenvalue weighted by Crippen LogP contribution is -2.00. The van der Waals surface area contributed by atoms with Crippen molar-refractivity contribution in [1.82, 2.24) is 5.16 Å². The van der Waals surface area contributed by atoms with Gasteiger partial charge in [-0.2, -0.15) is 0 Å². The molecule has 2 saturated carbocycles. The Morgan fingerprint density at radius 2 is 1.76 bits per heavy atom. The number of hydrogen-bond acceptors (Lipinski definition) is 4. The van der Waals surface area contributed by atoms with Crippen molar-refractivity contribution in [3.63, 3.8) is 0 Å². The first kappa shape index (κ1) is 23.2. The maximum atomic E-state index is 11.1. The smallest absolute Gasteiger partial charge is 0.335 e. The quantitative estimate of drug-likeness (QED) is 0.235. The van der Waals surface area contributed by atoms with E-state index in [-0.39, 0.29) is 23.3 Å². The molecule has 0 saturated heterocycles. The van der Waals surface area contributed by atoms with Crippen molar-refractivity contribution >= 4 is 40.8 Å². The van der Waals surface area contributed by atoms with Gasteiger partial charge in [0.25, 0.3) is 0 Å². The van der Waals surface area contributed by atoms with Crippen LogP contribution in [0.25, 0.3) is 11.3 Å². The largest absolute Gasteiger partial charge is 0.489 e. The molecule has 3 aromatic carbocycles. The van der Waals surface area contributed by atoms with Crippen LogP contribution in [0.15, 0.2) is 65.2 Å². The van der Waals surface area contributed by atoms with Gasteiger partial charge in [-0.15, -0.1) is 0 Å². The third-order valence-corrected chi connectivity index (χ3v) is 7.92. The second-order valence-electron chi connectivity index (χ2n) is 9.47. The number of ether oxygens (including phenoxy) is 1. The number of hydrogen-bond donors (Lipinski definition) is 1. The summed E-state index contributed by atoms with van der Waals surface area (Å²) in [6.45, 7) is -1.12. The van der Waals surface area contributed by atoms with Gasteiger partial charge < -0.3 is 14.4 Å². The molecule has 1 unspecified atom stereocenters. The Labute approximate surface area is 230 Å². The average Bonchev–Trinajstić information content (AvgIpc) is 3.82. The molecule has 5 nitrogen and oxygen atoms in total. The molecule has 2 aliphatic carbocycles. The summed E-state index contributed by atoms with van der Waals surface area (Å²) in [5.41, 5.74) is 3.82. The minimum atomic E-state index is -1.12. The van der Waals surface area contributed by atoms with E-state index < -0.39 is 12.6 Å². The third kappa shape index (κ3) is 4.84. The van der Waals surface area contributed by atoms with Crippen LogP contribution in [0.2, 0.25) is 15.1 Å². The monoisotopic (exact) mass is 554 g/mol. The second kappa shape index (κ2) is 9.71. The zero-order valence-electron chi connectivity index (χ0n) is 20.5. The number of rotatable bonds is 8. The molecule has 2 aliphatic rings. The third-order valence-electron chi connectivity index (χ3n) is 6.96. The van der Waals surface area contributed by atoms with Crippen molar-refractivity contribution in [3.8, 4) is 17.0 Å². The lowest BCUT2D eigenvalue weighted by atomic mass is 10.0. The fraction of sp³-hybridized carbons (Fsp3) is 0.241. The Bertz CT molecular complexity index is 1510. The van der Waals surface area contributed by atoms with E-state index in [4.69, 9.17) is 50.5 Å². The van der Waals surface area contributed by atoms with Crippen LogP contribution in [0.4, 0.5) is 0 Å². The fourth-order valence-corrected chi connectivity index (χ4v) is 5.64. The van der Waals surface area contributed by atoms with E-state index in [1.807, 2.05) is 24.3 Å². The van der Waals surface area contributed by atoms with E-state index >= 15 is 0 Å². The van der Waals surface area contributed by atoms with Gasteiger partial charge in [-0.3, -0.25) is 0 Å². The second-order valence-corrected chi connectivity index (χ2v) is 10.7. The van der Waals surface area contributed by atoms with Crippen molar-refractivity contribution < 1.29 is 20.5 Å². The summed E-state index contributed by atoms with van der Waals surface area (Å²) in [4.78, 5) is 11.1. The summed E-state index contributed by atoms with van der Waals surface area (Å²) in [5, 5.41) is 14.8. The first-order valence-corrected chi connectivity index (χ1v) is 13.1. The normalized spacial score (nSPS) is 19.8. The van der Waals surface area contributed by atoms with Gasteiger partial charge in [0.2, 0.25) is 0 Å². The van der Waals surface area contributed by atoms with Crippen LogP contribution in [0.1, 0.15) is 71.2 Å². The molecule has 8 heteroatoms. The molecule has 0 aliphatic heterocycles. The van der Waals surface area contributed by atoms with Crippen molar-refractivity contribution in [2.24, 2.45) is 0 Å². The SMILES string of the molecule is [2H]C(Oc1ccc([C@@H]2C[C@H]2c2ccc(C(=O)O)cc2)c(Cl)c1)c1c(-c2c(Cl)cccc2Cl)noc1C1CC1. The standard InChI is InChI=1S/C29H22Cl3NO4/c30-23-2-1-3-24(31)26(23)27-22(28(37-33-27)16-6-7-16)14-36-18-10-11-19(25(32)12-18)21-13-20(21)15-4-8-17(9-5-15)29(34)35/h1-5,8-12,16,20-21H,6-7,13-14H2,(H,34,35)/t20-,21-/m0/s1/i14D/t14?,20-,21-. The van der Waals surface area contributed by atoms with Crippen molar-refractivity contribution in [3.05, 3.63) is 104 Å². The highest BCUT2D eigenvalue weighted by Gasteiger charge is 2.40. The number of halogens is 3. The lowest BCUT2D eigenvalue weighted by Gasteiger charge is -2.11. The Morgan fingerprint density at radius 3 is 2.41 bits per heavy atom. The lowest BCUT2D eigenvalue weighted by molar-refractivity contribution is 0.0697. The van der Waals surface area contributed by atoms with Crippen LogP contribution in [-0.4, -0.2) is 16.2 Å². The highest BCUT2D eigenvalue weighted by Crippen LogP contribution is 2.56. The van der Waals surface area contributed by atoms with Crippen LogP contribution >= 0.6 is 34.8 Å². The molecule has 0 spiro atoms. The summed E-state index contributed by atoms with van der Waals surface area (Å²) in [7, 11) is 0. The molecular weight excluding hydrogens is 533 g/mol. The summed E-state index contributed by atoms with van der Waals surface area (Å²) >= 11 is 19.6. The number of aromatic nitrogens is 1. The van der Waals surface area contributed by atoms with Gasteiger partial charge in [0.15, 0.2) is 0 Å². The van der Waals surface area contributed by atoms with E-state index in [0.29, 0.717) is 43.4 Å². The topological polar surface area (TPSA) is 72.6 Å². The molecule has 0 amide bonds. The highest BCUT2D eigenvalue weighted by molar-refractivity contribution is 6.39. The molecule has 2 fully saturated rings. The molecule has 1 heterocycles. The van der Waals surface area contributed by atoms with E-state index in [0.717, 1.165) is 30.4 Å². The van der Waals surface area contributed by atoms with Gasteiger partial charge in [0.05, 0.1) is 22.5 Å². The number of benzene rings is 3. The number of carboxylic acids is 1. The van der Waals surface area contributed by atoms with Crippen molar-refractivity contribution in [2.45, 2.75) is 43.6 Å². The Morgan fingerprint density at radius 1 is 1.03 bits per heavy atom. The number of carbonyl (C=O) groups is 1. The van der Waals surface area contributed by atoms with E-state index in [9.17, 15) is 4.79 Å². The van der Waals surface area contributed by atoms with Gasteiger partial charge in [-0.1, -0.05) is 64.2 Å². The summed E-state index contributed by atoms with van der Waals surface area (Å²) in [6, 6.07) is 17.7. The Balaban J connectivity index is 1.23. The molecule has 6 rings (SSSR count). The van der Waals surface area contributed by atoms with Crippen LogP contribution in [0, 0.1) is 0 Å². The molecule has 1 aromatic heterocycles. The van der Waals surface area contributed by atoms with Crippen LogP contribution in [0.5, 0.6) is 5.75 Å². The maximum absolute atomic E-state index is 11.1. The summed E-state index contributed by atoms with van der Waals surface area (Å²) in [5.74, 6) is 0.882. The van der Waals surface area contributed by atoms with Gasteiger partial charge in [-0.05, 0) is 78.6 Å². The number of aromatic carboxylic acids is 1. The van der Waals surface area contributed by atoms with Crippen LogP contribution in [0.3, 0.4) is 0 Å². The van der Waals surface area contributed by atoms with E-state index in [2.05, 4.69) is 5.16 Å². The van der Waals surface area contributed by atoms with Crippen molar-refractivity contribution in [1.29, 1.82) is 0 Å². The number of nitrogens with zero attached hydrogens (tertiary/aromatic N) is 1. The van der Waals surface area contributed by atoms with Gasteiger partial charge in [0.1, 0.15) is 23.8 Å². The number of carboxylic acid groups (broad SMARTS) is 1. The average molecular weight is 556 g/mol. The zero-order valence-corrected chi connectivity index (χ0v) is 21.7. The fourth-order valence-electron chi connectivity index (χ4n) is 4.76. The van der Waals surface area contributed by atoms with Gasteiger partial charge in [0, 0.05) is 16.5 Å². The van der Waals surface area contributed by atoms with Gasteiger partial charge >= 0.3 is 5.97 Å². The zero-order chi connectivity index (χ0) is 26.6. The molecule has 4 aromatic rings. The molecule has 188 valence electrons. The Hall–Kier alpha value is -2.99. The minimum Gasteiger partial charge on any atom is -0.489 e. The van der Waals surface area contributed by atoms with Crippen LogP contribution in [-0.2, 0) is 6.58 Å². The molecule has 0 bridgehead atoms. The molecular formula is C29H22Cl3NO4. The summed E-state index contributed by atoms with van der Waals surface area (Å²) < 4.78 is 20.6. The Kier molecular flexibility index (Phi) is 6.08. The minimum absolute atomic E-state index is 0.200. The van der Waals surface area contributed by atoms with Crippen LogP contribution < -0.4 is 4.74 Å². The predicted octanol–water partition coefficient (Wildman–Crippen LogP) is 8.73. The maximum Gasteiger partial charge on any atom is 0.335 e. The molecule has 1 N–H and O–H groups in total. The molecule has 3 atom stereocenters. The van der Waals surface area contributed by atoms with E-state index in [1.165, 1.54) is 0 Å². The molecule has 0 radical (unpaired) electrons. The predicted molar refractivity (Wildman–Crippen MR) is 143 cm³/mol. The first-order valence-electron chi connectivity index (χ1n) is 12.5. The first-order chi connectivity index (χ1) is 18.3. The summed E-state index contributed by atoms with van der Waals surface area (Å²) in [6.07, 6.45) is 2.86. The highest BCUT2D eigenvalue weighted by atomic mass is 35.5.